The standard InChI is InChI=1S/C21H15F5N4O3/c22-16-11(17(23)19(25)20(26)18(16)24)6-7-15(32)27-13(9-31)21(33)28-14-8-12(29-30-14)10-4-2-1-3-5-10/h1-8,13,31H,9H2,(H,27,32)(H2,28,29,30,33)/t13-/m0/s1. The Hall–Kier alpha value is -4.06. The number of benzene rings is 2. The molecule has 3 aromatic rings. The van der Waals surface area contributed by atoms with Crippen molar-refractivity contribution in [1.29, 1.82) is 0 Å². The predicted octanol–water partition coefficient (Wildman–Crippen LogP) is 2.90. The first kappa shape index (κ1) is 23.6. The second-order valence-corrected chi connectivity index (χ2v) is 6.58. The van der Waals surface area contributed by atoms with Crippen LogP contribution in [0, 0.1) is 29.1 Å². The quantitative estimate of drug-likeness (QED) is 0.186. The van der Waals surface area contributed by atoms with Crippen molar-refractivity contribution in [2.24, 2.45) is 0 Å². The average Bonchev–Trinajstić information content (AvgIpc) is 3.28. The van der Waals surface area contributed by atoms with Crippen LogP contribution in [0.25, 0.3) is 17.3 Å². The molecule has 33 heavy (non-hydrogen) atoms. The van der Waals surface area contributed by atoms with Gasteiger partial charge in [0.15, 0.2) is 29.1 Å². The molecule has 7 nitrogen and oxygen atoms in total. The van der Waals surface area contributed by atoms with Crippen LogP contribution in [0.1, 0.15) is 5.56 Å². The summed E-state index contributed by atoms with van der Waals surface area (Å²) >= 11 is 0. The molecule has 0 fully saturated rings. The summed E-state index contributed by atoms with van der Waals surface area (Å²) < 4.78 is 66.8. The highest BCUT2D eigenvalue weighted by molar-refractivity contribution is 6.00. The number of nitrogens with one attached hydrogen (secondary N) is 3. The summed E-state index contributed by atoms with van der Waals surface area (Å²) in [6.07, 6.45) is 0.814. The summed E-state index contributed by atoms with van der Waals surface area (Å²) in [4.78, 5) is 24.3. The first-order valence-electron chi connectivity index (χ1n) is 9.25. The topological polar surface area (TPSA) is 107 Å². The number of aromatic amines is 1. The molecule has 0 aliphatic rings. The number of aliphatic hydroxyl groups excluding tert-OH is 1. The van der Waals surface area contributed by atoms with Crippen LogP contribution in [0.3, 0.4) is 0 Å². The molecule has 0 aliphatic carbocycles. The van der Waals surface area contributed by atoms with Gasteiger partial charge in [0.25, 0.3) is 5.91 Å². The van der Waals surface area contributed by atoms with E-state index in [1.807, 2.05) is 11.4 Å². The van der Waals surface area contributed by atoms with Gasteiger partial charge in [-0.05, 0) is 11.6 Å². The number of anilines is 1. The van der Waals surface area contributed by atoms with Crippen molar-refractivity contribution in [3.05, 3.63) is 77.1 Å². The van der Waals surface area contributed by atoms with Crippen molar-refractivity contribution >= 4 is 23.7 Å². The van der Waals surface area contributed by atoms with Crippen LogP contribution in [-0.2, 0) is 9.59 Å². The Balaban J connectivity index is 1.67. The summed E-state index contributed by atoms with van der Waals surface area (Å²) in [6, 6.07) is 9.01. The van der Waals surface area contributed by atoms with Gasteiger partial charge < -0.3 is 15.7 Å². The van der Waals surface area contributed by atoms with Crippen LogP contribution in [0.5, 0.6) is 0 Å². The molecule has 0 aliphatic heterocycles. The molecule has 0 radical (unpaired) electrons. The second kappa shape index (κ2) is 10.0. The highest BCUT2D eigenvalue weighted by atomic mass is 19.2. The molecule has 0 spiro atoms. The minimum absolute atomic E-state index is 0.0866. The minimum atomic E-state index is -2.34. The Kier molecular flexibility index (Phi) is 7.18. The van der Waals surface area contributed by atoms with Crippen LogP contribution in [0.15, 0.2) is 42.5 Å². The van der Waals surface area contributed by atoms with E-state index in [1.165, 1.54) is 6.07 Å². The van der Waals surface area contributed by atoms with E-state index in [-0.39, 0.29) is 5.82 Å². The van der Waals surface area contributed by atoms with E-state index in [9.17, 15) is 36.6 Å². The van der Waals surface area contributed by atoms with E-state index < -0.39 is 59.1 Å². The number of halogens is 5. The number of H-pyrrole nitrogens is 1. The fraction of sp³-hybridized carbons (Fsp3) is 0.0952. The van der Waals surface area contributed by atoms with Crippen LogP contribution >= 0.6 is 0 Å². The van der Waals surface area contributed by atoms with Gasteiger partial charge in [-0.15, -0.1) is 0 Å². The molecule has 1 aromatic heterocycles. The van der Waals surface area contributed by atoms with Crippen LogP contribution in [0.4, 0.5) is 27.8 Å². The first-order valence-corrected chi connectivity index (χ1v) is 9.25. The normalized spacial score (nSPS) is 12.1. The van der Waals surface area contributed by atoms with Gasteiger partial charge in [0.05, 0.1) is 17.9 Å². The maximum absolute atomic E-state index is 13.7. The molecule has 4 N–H and O–H groups in total. The molecule has 0 bridgehead atoms. The van der Waals surface area contributed by atoms with Crippen molar-refractivity contribution in [3.63, 3.8) is 0 Å². The fourth-order valence-corrected chi connectivity index (χ4v) is 2.71. The summed E-state index contributed by atoms with van der Waals surface area (Å²) in [5.41, 5.74) is 0.0357. The molecule has 0 unspecified atom stereocenters. The zero-order chi connectivity index (χ0) is 24.1. The summed E-state index contributed by atoms with van der Waals surface area (Å²) in [6.45, 7) is -0.857. The van der Waals surface area contributed by atoms with E-state index in [1.54, 1.807) is 24.3 Å². The Morgan fingerprint density at radius 2 is 1.61 bits per heavy atom. The van der Waals surface area contributed by atoms with Gasteiger partial charge in [-0.1, -0.05) is 30.3 Å². The number of aromatic nitrogens is 2. The smallest absolute Gasteiger partial charge is 0.250 e. The number of rotatable bonds is 7. The molecule has 0 saturated carbocycles. The highest BCUT2D eigenvalue weighted by Crippen LogP contribution is 2.24. The van der Waals surface area contributed by atoms with Gasteiger partial charge in [0.2, 0.25) is 11.7 Å². The zero-order valence-corrected chi connectivity index (χ0v) is 16.5. The molecule has 1 heterocycles. The van der Waals surface area contributed by atoms with Crippen LogP contribution in [-0.4, -0.2) is 39.8 Å². The number of nitrogens with zero attached hydrogens (tertiary/aromatic N) is 1. The van der Waals surface area contributed by atoms with Gasteiger partial charge in [-0.2, -0.15) is 5.10 Å². The fourth-order valence-electron chi connectivity index (χ4n) is 2.71. The van der Waals surface area contributed by atoms with Crippen LogP contribution < -0.4 is 10.6 Å². The van der Waals surface area contributed by atoms with Gasteiger partial charge >= 0.3 is 0 Å². The van der Waals surface area contributed by atoms with Crippen LogP contribution in [0.2, 0.25) is 0 Å². The van der Waals surface area contributed by atoms with E-state index in [4.69, 9.17) is 0 Å². The van der Waals surface area contributed by atoms with E-state index in [0.29, 0.717) is 17.8 Å². The largest absolute Gasteiger partial charge is 0.394 e. The third-order valence-electron chi connectivity index (χ3n) is 4.37. The van der Waals surface area contributed by atoms with E-state index >= 15 is 0 Å². The molecule has 2 amide bonds. The van der Waals surface area contributed by atoms with Gasteiger partial charge in [-0.3, -0.25) is 14.7 Å². The molecular weight excluding hydrogens is 451 g/mol. The molecule has 0 saturated heterocycles. The molecular formula is C21H15F5N4O3. The Morgan fingerprint density at radius 1 is 1.00 bits per heavy atom. The van der Waals surface area contributed by atoms with E-state index in [2.05, 4.69) is 15.5 Å². The van der Waals surface area contributed by atoms with Gasteiger partial charge in [0, 0.05) is 12.1 Å². The number of carbonyl (C=O) groups excluding carboxylic acids is 2. The lowest BCUT2D eigenvalue weighted by Crippen LogP contribution is -2.45. The monoisotopic (exact) mass is 466 g/mol. The van der Waals surface area contributed by atoms with E-state index in [0.717, 1.165) is 5.56 Å². The molecule has 3 rings (SSSR count). The number of hydrogen-bond donors (Lipinski definition) is 4. The lowest BCUT2D eigenvalue weighted by atomic mass is 10.1. The third-order valence-corrected chi connectivity index (χ3v) is 4.37. The van der Waals surface area contributed by atoms with Crippen molar-refractivity contribution < 1.29 is 36.6 Å². The highest BCUT2D eigenvalue weighted by Gasteiger charge is 2.25. The lowest BCUT2D eigenvalue weighted by Gasteiger charge is -2.14. The number of carbonyl (C=O) groups is 2. The number of amides is 2. The minimum Gasteiger partial charge on any atom is -0.394 e. The lowest BCUT2D eigenvalue weighted by molar-refractivity contribution is -0.124. The summed E-state index contributed by atoms with van der Waals surface area (Å²) in [5.74, 6) is -12.9. The Bertz CT molecular complexity index is 1190. The maximum Gasteiger partial charge on any atom is 0.250 e. The number of aliphatic hydroxyl groups is 1. The third kappa shape index (κ3) is 5.23. The van der Waals surface area contributed by atoms with Crippen molar-refractivity contribution in [1.82, 2.24) is 15.5 Å². The molecule has 172 valence electrons. The summed E-state index contributed by atoms with van der Waals surface area (Å²) in [5, 5.41) is 20.4. The average molecular weight is 466 g/mol. The predicted molar refractivity (Wildman–Crippen MR) is 107 cm³/mol. The SMILES string of the molecule is O=C(C=Cc1c(F)c(F)c(F)c(F)c1F)N[C@@H](CO)C(=O)Nc1cc(-c2ccccc2)[nH]n1. The second-order valence-electron chi connectivity index (χ2n) is 6.58. The zero-order valence-electron chi connectivity index (χ0n) is 16.5. The Morgan fingerprint density at radius 3 is 2.21 bits per heavy atom. The maximum atomic E-state index is 13.7. The van der Waals surface area contributed by atoms with Crippen molar-refractivity contribution in [2.45, 2.75) is 6.04 Å². The van der Waals surface area contributed by atoms with Crippen molar-refractivity contribution in [3.8, 4) is 11.3 Å². The van der Waals surface area contributed by atoms with Gasteiger partial charge in [0.1, 0.15) is 6.04 Å². The molecule has 1 atom stereocenters. The number of hydrogen-bond acceptors (Lipinski definition) is 4. The molecule has 12 heteroatoms. The summed E-state index contributed by atoms with van der Waals surface area (Å²) in [7, 11) is 0. The molecule has 2 aromatic carbocycles. The van der Waals surface area contributed by atoms with Crippen molar-refractivity contribution in [2.75, 3.05) is 11.9 Å². The van der Waals surface area contributed by atoms with Gasteiger partial charge in [-0.25, -0.2) is 22.0 Å². The Labute approximate surface area is 182 Å². The first-order chi connectivity index (χ1) is 15.7.